The number of hydrogen-bond acceptors (Lipinski definition) is 3. The maximum atomic E-state index is 10.8. The smallest absolute Gasteiger partial charge is 0.278 e. The van der Waals surface area contributed by atoms with Crippen LogP contribution < -0.4 is 0 Å². The lowest BCUT2D eigenvalue weighted by molar-refractivity contribution is 0.132. The molecule has 72 valence electrons. The minimum Gasteiger partial charge on any atom is -0.383 e. The molecule has 0 heterocycles. The number of thiol groups is 1. The van der Waals surface area contributed by atoms with E-state index in [9.17, 15) is 4.79 Å². The maximum Gasteiger partial charge on any atom is 0.278 e. The van der Waals surface area contributed by atoms with Crippen molar-refractivity contribution in [1.29, 1.82) is 0 Å². The number of hydrogen-bond donors (Lipinski definition) is 1. The van der Waals surface area contributed by atoms with Crippen LogP contribution in [-0.4, -0.2) is 50.7 Å². The SMILES string of the molecule is COCCN(CCOC)C(=O)S. The van der Waals surface area contributed by atoms with Gasteiger partial charge in [-0.3, -0.25) is 4.79 Å². The van der Waals surface area contributed by atoms with Crippen molar-refractivity contribution in [1.82, 2.24) is 4.90 Å². The Morgan fingerprint density at radius 2 is 1.67 bits per heavy atom. The third-order valence-corrected chi connectivity index (χ3v) is 1.68. The number of rotatable bonds is 6. The van der Waals surface area contributed by atoms with Crippen molar-refractivity contribution in [3.63, 3.8) is 0 Å². The average molecular weight is 193 g/mol. The fourth-order valence-corrected chi connectivity index (χ4v) is 0.906. The second-order valence-corrected chi connectivity index (χ2v) is 2.64. The molecule has 0 radical (unpaired) electrons. The quantitative estimate of drug-likeness (QED) is 0.629. The highest BCUT2D eigenvalue weighted by molar-refractivity contribution is 7.96. The Labute approximate surface area is 78.2 Å². The van der Waals surface area contributed by atoms with Crippen molar-refractivity contribution in [2.75, 3.05) is 40.5 Å². The summed E-state index contributed by atoms with van der Waals surface area (Å²) < 4.78 is 9.67. The van der Waals surface area contributed by atoms with E-state index < -0.39 is 0 Å². The van der Waals surface area contributed by atoms with E-state index in [1.807, 2.05) is 0 Å². The van der Waals surface area contributed by atoms with Crippen LogP contribution in [0.2, 0.25) is 0 Å². The van der Waals surface area contributed by atoms with E-state index in [0.717, 1.165) is 0 Å². The van der Waals surface area contributed by atoms with Crippen LogP contribution in [0.25, 0.3) is 0 Å². The second-order valence-electron chi connectivity index (χ2n) is 2.26. The molecule has 4 nitrogen and oxygen atoms in total. The minimum absolute atomic E-state index is 0.246. The molecule has 0 bridgehead atoms. The van der Waals surface area contributed by atoms with Gasteiger partial charge < -0.3 is 14.4 Å². The van der Waals surface area contributed by atoms with Gasteiger partial charge in [0.2, 0.25) is 0 Å². The molecule has 0 aliphatic heterocycles. The number of carbonyl (C=O) groups excluding carboxylic acids is 1. The van der Waals surface area contributed by atoms with Gasteiger partial charge in [0, 0.05) is 27.3 Å². The standard InChI is InChI=1S/C7H15NO3S/c1-10-5-3-8(7(9)12)4-6-11-2/h3-6H2,1-2H3,(H,9,12). The summed E-state index contributed by atoms with van der Waals surface area (Å²) in [6.07, 6.45) is 0. The van der Waals surface area contributed by atoms with Crippen molar-refractivity contribution in [3.8, 4) is 0 Å². The lowest BCUT2D eigenvalue weighted by Crippen LogP contribution is -2.32. The first-order valence-corrected chi connectivity index (χ1v) is 4.12. The summed E-state index contributed by atoms with van der Waals surface area (Å²) in [6.45, 7) is 2.16. The number of carbonyl (C=O) groups is 1. The van der Waals surface area contributed by atoms with Crippen LogP contribution in [0.3, 0.4) is 0 Å². The van der Waals surface area contributed by atoms with Crippen LogP contribution in [0.15, 0.2) is 0 Å². The molecule has 0 aliphatic carbocycles. The Balaban J connectivity index is 3.62. The number of amides is 1. The molecule has 1 amide bonds. The molecule has 0 N–H and O–H groups in total. The predicted molar refractivity (Wildman–Crippen MR) is 49.7 cm³/mol. The van der Waals surface area contributed by atoms with E-state index in [4.69, 9.17) is 9.47 Å². The van der Waals surface area contributed by atoms with Crippen molar-refractivity contribution in [2.24, 2.45) is 0 Å². The third kappa shape index (κ3) is 5.40. The van der Waals surface area contributed by atoms with Crippen LogP contribution in [0.5, 0.6) is 0 Å². The lowest BCUT2D eigenvalue weighted by atomic mass is 10.5. The molecule has 0 aromatic carbocycles. The number of methoxy groups -OCH3 is 2. The summed E-state index contributed by atoms with van der Waals surface area (Å²) in [5.41, 5.74) is 0. The molecule has 0 unspecified atom stereocenters. The Morgan fingerprint density at radius 3 is 1.92 bits per heavy atom. The highest BCUT2D eigenvalue weighted by Gasteiger charge is 2.07. The first-order chi connectivity index (χ1) is 5.72. The van der Waals surface area contributed by atoms with E-state index in [1.165, 1.54) is 0 Å². The number of ether oxygens (including phenoxy) is 2. The van der Waals surface area contributed by atoms with E-state index in [-0.39, 0.29) is 5.24 Å². The first kappa shape index (κ1) is 11.7. The van der Waals surface area contributed by atoms with Gasteiger partial charge in [0.05, 0.1) is 13.2 Å². The molecule has 0 rings (SSSR count). The normalized spacial score (nSPS) is 9.92. The topological polar surface area (TPSA) is 38.8 Å². The number of nitrogens with zero attached hydrogens (tertiary/aromatic N) is 1. The zero-order chi connectivity index (χ0) is 9.40. The van der Waals surface area contributed by atoms with Crippen LogP contribution in [0.4, 0.5) is 4.79 Å². The Hall–Kier alpha value is -0.260. The van der Waals surface area contributed by atoms with Gasteiger partial charge in [-0.25, -0.2) is 0 Å². The summed E-state index contributed by atoms with van der Waals surface area (Å²) in [6, 6.07) is 0. The van der Waals surface area contributed by atoms with E-state index >= 15 is 0 Å². The molecule has 5 heteroatoms. The van der Waals surface area contributed by atoms with Gasteiger partial charge in [0.15, 0.2) is 0 Å². The van der Waals surface area contributed by atoms with Crippen molar-refractivity contribution in [2.45, 2.75) is 0 Å². The zero-order valence-corrected chi connectivity index (χ0v) is 8.34. The third-order valence-electron chi connectivity index (χ3n) is 1.40. The van der Waals surface area contributed by atoms with E-state index in [0.29, 0.717) is 26.3 Å². The van der Waals surface area contributed by atoms with Gasteiger partial charge in [-0.1, -0.05) is 12.6 Å². The average Bonchev–Trinajstić information content (AvgIpc) is 2.04. The van der Waals surface area contributed by atoms with Crippen LogP contribution in [-0.2, 0) is 9.47 Å². The van der Waals surface area contributed by atoms with Crippen LogP contribution in [0.1, 0.15) is 0 Å². The molecular formula is C7H15NO3S. The molecular weight excluding hydrogens is 178 g/mol. The van der Waals surface area contributed by atoms with Crippen LogP contribution in [0, 0.1) is 0 Å². The van der Waals surface area contributed by atoms with Crippen LogP contribution >= 0.6 is 12.6 Å². The molecule has 0 saturated heterocycles. The van der Waals surface area contributed by atoms with Crippen molar-refractivity contribution in [3.05, 3.63) is 0 Å². The Bertz CT molecular complexity index is 124. The van der Waals surface area contributed by atoms with Gasteiger partial charge in [0.25, 0.3) is 5.24 Å². The largest absolute Gasteiger partial charge is 0.383 e. The summed E-state index contributed by atoms with van der Waals surface area (Å²) in [5.74, 6) is 0. The van der Waals surface area contributed by atoms with Gasteiger partial charge >= 0.3 is 0 Å². The summed E-state index contributed by atoms with van der Waals surface area (Å²) in [5, 5.41) is -0.246. The molecule has 0 aliphatic rings. The van der Waals surface area contributed by atoms with E-state index in [1.54, 1.807) is 19.1 Å². The Kier molecular flexibility index (Phi) is 7.23. The highest BCUT2D eigenvalue weighted by Crippen LogP contribution is 1.95. The molecule has 0 aromatic heterocycles. The van der Waals surface area contributed by atoms with Crippen molar-refractivity contribution < 1.29 is 14.3 Å². The minimum atomic E-state index is -0.246. The second kappa shape index (κ2) is 7.39. The fraction of sp³-hybridized carbons (Fsp3) is 0.857. The fourth-order valence-electron chi connectivity index (χ4n) is 0.706. The Morgan fingerprint density at radius 1 is 1.25 bits per heavy atom. The maximum absolute atomic E-state index is 10.8. The predicted octanol–water partition coefficient (Wildman–Crippen LogP) is 0.631. The van der Waals surface area contributed by atoms with E-state index in [2.05, 4.69) is 12.6 Å². The molecule has 0 spiro atoms. The van der Waals surface area contributed by atoms with Gasteiger partial charge in [-0.15, -0.1) is 0 Å². The summed E-state index contributed by atoms with van der Waals surface area (Å²) in [4.78, 5) is 12.4. The van der Waals surface area contributed by atoms with Gasteiger partial charge in [0.1, 0.15) is 0 Å². The summed E-state index contributed by atoms with van der Waals surface area (Å²) >= 11 is 3.71. The summed E-state index contributed by atoms with van der Waals surface area (Å²) in [7, 11) is 3.19. The van der Waals surface area contributed by atoms with Gasteiger partial charge in [-0.05, 0) is 0 Å². The molecule has 12 heavy (non-hydrogen) atoms. The highest BCUT2D eigenvalue weighted by atomic mass is 32.1. The zero-order valence-electron chi connectivity index (χ0n) is 7.45. The monoisotopic (exact) mass is 193 g/mol. The lowest BCUT2D eigenvalue weighted by Gasteiger charge is -2.18. The molecule has 0 aromatic rings. The van der Waals surface area contributed by atoms with Crippen molar-refractivity contribution >= 4 is 17.9 Å². The van der Waals surface area contributed by atoms with Gasteiger partial charge in [-0.2, -0.15) is 0 Å². The molecule has 0 saturated carbocycles. The molecule has 0 fully saturated rings. The first-order valence-electron chi connectivity index (χ1n) is 3.68. The molecule has 0 atom stereocenters.